The summed E-state index contributed by atoms with van der Waals surface area (Å²) < 4.78 is 69.5. The molecule has 33 heavy (non-hydrogen) atoms. The second kappa shape index (κ2) is 9.34. The van der Waals surface area contributed by atoms with Gasteiger partial charge in [0.1, 0.15) is 16.5 Å². The van der Waals surface area contributed by atoms with Crippen LogP contribution in [-0.2, 0) is 10.0 Å². The zero-order valence-corrected chi connectivity index (χ0v) is 19.1. The molecule has 0 atom stereocenters. The molecule has 180 valence electrons. The van der Waals surface area contributed by atoms with Gasteiger partial charge in [0.2, 0.25) is 16.0 Å². The number of piperazine rings is 1. The lowest BCUT2D eigenvalue weighted by atomic mass is 10.1. The van der Waals surface area contributed by atoms with Gasteiger partial charge in [-0.2, -0.15) is 9.29 Å². The molecule has 2 fully saturated rings. The van der Waals surface area contributed by atoms with Gasteiger partial charge < -0.3 is 14.5 Å². The quantitative estimate of drug-likeness (QED) is 0.644. The summed E-state index contributed by atoms with van der Waals surface area (Å²) in [7, 11) is -4.17. The number of rotatable bonds is 5. The fourth-order valence-electron chi connectivity index (χ4n) is 4.10. The van der Waals surface area contributed by atoms with E-state index in [1.54, 1.807) is 0 Å². The van der Waals surface area contributed by atoms with Crippen LogP contribution >= 0.6 is 0 Å². The molecule has 8 nitrogen and oxygen atoms in total. The summed E-state index contributed by atoms with van der Waals surface area (Å²) in [5.41, 5.74) is 0.828. The van der Waals surface area contributed by atoms with Crippen LogP contribution in [0.1, 0.15) is 25.0 Å². The van der Waals surface area contributed by atoms with Gasteiger partial charge >= 0.3 is 6.36 Å². The van der Waals surface area contributed by atoms with Crippen molar-refractivity contribution in [1.82, 2.24) is 14.3 Å². The molecule has 0 N–H and O–H groups in total. The molecule has 2 aliphatic rings. The Hall–Kier alpha value is -2.60. The molecule has 0 aliphatic carbocycles. The van der Waals surface area contributed by atoms with Gasteiger partial charge in [-0.05, 0) is 38.3 Å². The second-order valence-corrected chi connectivity index (χ2v) is 10.0. The van der Waals surface area contributed by atoms with E-state index in [-0.39, 0.29) is 13.1 Å². The van der Waals surface area contributed by atoms with Crippen molar-refractivity contribution in [2.75, 3.05) is 49.1 Å². The smallest absolute Gasteiger partial charge is 0.404 e. The molecule has 12 heteroatoms. The molecule has 1 aromatic heterocycles. The molecule has 2 saturated heterocycles. The van der Waals surface area contributed by atoms with Gasteiger partial charge in [0.05, 0.1) is 0 Å². The van der Waals surface area contributed by atoms with Crippen molar-refractivity contribution < 1.29 is 26.3 Å². The normalized spacial score (nSPS) is 18.4. The van der Waals surface area contributed by atoms with Crippen LogP contribution in [0.5, 0.6) is 5.75 Å². The Balaban J connectivity index is 1.49. The highest BCUT2D eigenvalue weighted by Crippen LogP contribution is 2.32. The lowest BCUT2D eigenvalue weighted by molar-refractivity contribution is -0.275. The molecule has 2 aromatic rings. The number of aryl methyl sites for hydroxylation is 1. The first-order chi connectivity index (χ1) is 15.6. The van der Waals surface area contributed by atoms with Crippen molar-refractivity contribution in [2.45, 2.75) is 37.4 Å². The van der Waals surface area contributed by atoms with E-state index in [0.29, 0.717) is 19.0 Å². The van der Waals surface area contributed by atoms with Crippen LogP contribution in [0, 0.1) is 6.92 Å². The standard InChI is InChI=1S/C21H26F3N5O3S/c1-16-15-19(27-9-5-2-6-10-27)26-20(25-16)28-11-13-29(14-12-28)33(30,31)18-8-4-3-7-17(18)32-21(22,23)24/h3-4,7-8,15H,2,5-6,9-14H2,1H3. The number of aromatic nitrogens is 2. The van der Waals surface area contributed by atoms with Crippen LogP contribution < -0.4 is 14.5 Å². The Labute approximate surface area is 191 Å². The number of hydrogen-bond donors (Lipinski definition) is 0. The number of alkyl halides is 3. The molecule has 4 rings (SSSR count). The summed E-state index contributed by atoms with van der Waals surface area (Å²) in [4.78, 5) is 12.9. The molecule has 0 amide bonds. The number of halogens is 3. The number of sulfonamides is 1. The van der Waals surface area contributed by atoms with Crippen LogP contribution in [0.25, 0.3) is 0 Å². The Bertz CT molecular complexity index is 1080. The van der Waals surface area contributed by atoms with Crippen LogP contribution in [0.3, 0.4) is 0 Å². The first kappa shape index (κ1) is 23.6. The molecular weight excluding hydrogens is 459 g/mol. The topological polar surface area (TPSA) is 78.9 Å². The van der Waals surface area contributed by atoms with Crippen LogP contribution in [0.4, 0.5) is 24.9 Å². The zero-order chi connectivity index (χ0) is 23.6. The van der Waals surface area contributed by atoms with Crippen molar-refractivity contribution in [1.29, 1.82) is 0 Å². The average Bonchev–Trinajstić information content (AvgIpc) is 2.78. The van der Waals surface area contributed by atoms with Crippen molar-refractivity contribution >= 4 is 21.8 Å². The van der Waals surface area contributed by atoms with Gasteiger partial charge in [-0.25, -0.2) is 13.4 Å². The molecule has 0 saturated carbocycles. The van der Waals surface area contributed by atoms with Crippen LogP contribution in [0.15, 0.2) is 35.2 Å². The van der Waals surface area contributed by atoms with Crippen molar-refractivity contribution in [3.05, 3.63) is 36.0 Å². The van der Waals surface area contributed by atoms with Gasteiger partial charge in [-0.3, -0.25) is 0 Å². The van der Waals surface area contributed by atoms with Crippen LogP contribution in [0.2, 0.25) is 0 Å². The molecule has 0 bridgehead atoms. The predicted molar refractivity (Wildman–Crippen MR) is 117 cm³/mol. The summed E-state index contributed by atoms with van der Waals surface area (Å²) in [6.07, 6.45) is -1.54. The van der Waals surface area contributed by atoms with E-state index >= 15 is 0 Å². The highest BCUT2D eigenvalue weighted by molar-refractivity contribution is 7.89. The Morgan fingerprint density at radius 2 is 1.58 bits per heavy atom. The summed E-state index contributed by atoms with van der Waals surface area (Å²) in [5, 5.41) is 0. The minimum atomic E-state index is -4.99. The predicted octanol–water partition coefficient (Wildman–Crippen LogP) is 3.18. The first-order valence-electron chi connectivity index (χ1n) is 10.8. The van der Waals surface area contributed by atoms with E-state index in [4.69, 9.17) is 4.98 Å². The largest absolute Gasteiger partial charge is 0.573 e. The number of para-hydroxylation sites is 1. The highest BCUT2D eigenvalue weighted by Gasteiger charge is 2.36. The number of ether oxygens (including phenoxy) is 1. The second-order valence-electron chi connectivity index (χ2n) is 8.10. The minimum Gasteiger partial charge on any atom is -0.404 e. The third-order valence-electron chi connectivity index (χ3n) is 5.72. The third kappa shape index (κ3) is 5.49. The molecule has 2 aliphatic heterocycles. The summed E-state index contributed by atoms with van der Waals surface area (Å²) in [5.74, 6) is 0.666. The lowest BCUT2D eigenvalue weighted by Gasteiger charge is -2.35. The Morgan fingerprint density at radius 1 is 0.909 bits per heavy atom. The van der Waals surface area contributed by atoms with Crippen molar-refractivity contribution in [3.8, 4) is 5.75 Å². The van der Waals surface area contributed by atoms with E-state index in [2.05, 4.69) is 14.6 Å². The number of anilines is 2. The molecule has 0 unspecified atom stereocenters. The summed E-state index contributed by atoms with van der Waals surface area (Å²) in [6.45, 7) is 4.63. The van der Waals surface area contributed by atoms with E-state index in [9.17, 15) is 21.6 Å². The minimum absolute atomic E-state index is 0.0963. The van der Waals surface area contributed by atoms with Gasteiger partial charge in [0.25, 0.3) is 0 Å². The summed E-state index contributed by atoms with van der Waals surface area (Å²) >= 11 is 0. The molecule has 3 heterocycles. The van der Waals surface area contributed by atoms with Crippen molar-refractivity contribution in [3.63, 3.8) is 0 Å². The Kier molecular flexibility index (Phi) is 6.66. The van der Waals surface area contributed by atoms with E-state index in [0.717, 1.165) is 49.6 Å². The van der Waals surface area contributed by atoms with Gasteiger partial charge in [-0.1, -0.05) is 12.1 Å². The van der Waals surface area contributed by atoms with Gasteiger partial charge in [0.15, 0.2) is 0 Å². The maximum Gasteiger partial charge on any atom is 0.573 e. The SMILES string of the molecule is Cc1cc(N2CCCCC2)nc(N2CCN(S(=O)(=O)c3ccccc3OC(F)(F)F)CC2)n1. The number of benzene rings is 1. The fraction of sp³-hybridized carbons (Fsp3) is 0.524. The van der Waals surface area contributed by atoms with Gasteiger partial charge in [0, 0.05) is 51.0 Å². The highest BCUT2D eigenvalue weighted by atomic mass is 32.2. The third-order valence-corrected chi connectivity index (χ3v) is 7.66. The van der Waals surface area contributed by atoms with Crippen molar-refractivity contribution in [2.24, 2.45) is 0 Å². The first-order valence-corrected chi connectivity index (χ1v) is 12.3. The molecule has 0 radical (unpaired) electrons. The van der Waals surface area contributed by atoms with Crippen LogP contribution in [-0.4, -0.2) is 68.3 Å². The number of hydrogen-bond acceptors (Lipinski definition) is 7. The van der Waals surface area contributed by atoms with E-state index < -0.39 is 27.0 Å². The summed E-state index contributed by atoms with van der Waals surface area (Å²) in [6, 6.07) is 6.74. The zero-order valence-electron chi connectivity index (χ0n) is 18.3. The molecule has 1 aromatic carbocycles. The van der Waals surface area contributed by atoms with Gasteiger partial charge in [-0.15, -0.1) is 13.2 Å². The monoisotopic (exact) mass is 485 g/mol. The average molecular weight is 486 g/mol. The maximum absolute atomic E-state index is 13.1. The Morgan fingerprint density at radius 3 is 2.24 bits per heavy atom. The fourth-order valence-corrected chi connectivity index (χ4v) is 5.64. The molecular formula is C21H26F3N5O3S. The molecule has 0 spiro atoms. The number of piperidine rings is 1. The van der Waals surface area contributed by atoms with E-state index in [1.165, 1.54) is 22.9 Å². The number of nitrogens with zero attached hydrogens (tertiary/aromatic N) is 5. The maximum atomic E-state index is 13.1. The van der Waals surface area contributed by atoms with E-state index in [1.807, 2.05) is 17.9 Å². The lowest BCUT2D eigenvalue weighted by Crippen LogP contribution is -2.49.